The Balaban J connectivity index is 1.49. The highest BCUT2D eigenvalue weighted by Crippen LogP contribution is 2.41. The molecule has 1 aromatic heterocycles. The first-order chi connectivity index (χ1) is 19.3. The number of benzene rings is 3. The van der Waals surface area contributed by atoms with E-state index in [4.69, 9.17) is 21.1 Å². The molecule has 5 rings (SSSR count). The molecule has 204 valence electrons. The number of aliphatic imine (C=N–C) groups is 1. The summed E-state index contributed by atoms with van der Waals surface area (Å²) in [5.74, 6) is 0.0420. The molecule has 1 N–H and O–H groups in total. The van der Waals surface area contributed by atoms with Gasteiger partial charge in [0.05, 0.1) is 23.7 Å². The number of esters is 1. The number of aryl methyl sites for hydroxylation is 1. The third-order valence-electron chi connectivity index (χ3n) is 6.21. The van der Waals surface area contributed by atoms with Crippen molar-refractivity contribution in [3.05, 3.63) is 110 Å². The number of hydrogen-bond donors (Lipinski definition) is 1. The molecule has 0 amide bonds. The van der Waals surface area contributed by atoms with E-state index in [1.807, 2.05) is 61.7 Å². The van der Waals surface area contributed by atoms with Gasteiger partial charge in [-0.3, -0.25) is 0 Å². The maximum Gasteiger partial charge on any atom is 0.344 e. The summed E-state index contributed by atoms with van der Waals surface area (Å²) in [7, 11) is 0. The molecule has 0 atom stereocenters. The summed E-state index contributed by atoms with van der Waals surface area (Å²) in [4.78, 5) is 17.9. The molecule has 0 radical (unpaired) electrons. The van der Waals surface area contributed by atoms with E-state index in [2.05, 4.69) is 25.5 Å². The second-order valence-corrected chi connectivity index (χ2v) is 11.4. The molecule has 1 aliphatic rings. The van der Waals surface area contributed by atoms with Crippen molar-refractivity contribution in [1.29, 1.82) is 0 Å². The monoisotopic (exact) mass is 636 g/mol. The van der Waals surface area contributed by atoms with E-state index >= 15 is 0 Å². The van der Waals surface area contributed by atoms with Crippen LogP contribution in [-0.4, -0.2) is 33.9 Å². The van der Waals surface area contributed by atoms with Gasteiger partial charge < -0.3 is 19.1 Å². The normalized spacial score (nSPS) is 15.4. The van der Waals surface area contributed by atoms with Crippen LogP contribution in [-0.2, 0) is 16.1 Å². The van der Waals surface area contributed by atoms with Gasteiger partial charge in [-0.05, 0) is 74.5 Å². The van der Waals surface area contributed by atoms with Gasteiger partial charge in [-0.25, -0.2) is 9.79 Å². The molecule has 9 heteroatoms. The van der Waals surface area contributed by atoms with E-state index in [1.54, 1.807) is 31.2 Å². The van der Waals surface area contributed by atoms with Crippen molar-refractivity contribution in [2.24, 2.45) is 4.99 Å². The van der Waals surface area contributed by atoms with Crippen molar-refractivity contribution in [1.82, 2.24) is 4.57 Å². The fraction of sp³-hybridized carbons (Fsp3) is 0.161. The van der Waals surface area contributed by atoms with Gasteiger partial charge in [0.1, 0.15) is 28.7 Å². The van der Waals surface area contributed by atoms with Crippen molar-refractivity contribution in [2.45, 2.75) is 20.4 Å². The van der Waals surface area contributed by atoms with Crippen LogP contribution in [0.3, 0.4) is 0 Å². The maximum atomic E-state index is 12.8. The van der Waals surface area contributed by atoms with E-state index < -0.39 is 5.97 Å². The summed E-state index contributed by atoms with van der Waals surface area (Å²) < 4.78 is 14.3. The lowest BCUT2D eigenvalue weighted by atomic mass is 10.1. The standard InChI is InChI=1S/C31H26BrClN2O4S/c1-3-38-31(37)28-29(36)27(40-30(28)34-23-9-7-22(33)8-10-23)16-20-18-35(26-13-6-21(32)17-25(20)26)14-15-39-24-11-4-19(2)5-12-24/h4-13,16-18,36H,3,14-15H2,1-2H3/b27-16-,34-30?. The Labute approximate surface area is 250 Å². The number of halogens is 2. The van der Waals surface area contributed by atoms with Gasteiger partial charge in [0.15, 0.2) is 0 Å². The largest absolute Gasteiger partial charge is 0.506 e. The second-order valence-electron chi connectivity index (χ2n) is 9.05. The minimum absolute atomic E-state index is 0.0458. The molecule has 0 saturated heterocycles. The number of nitrogens with zero attached hydrogens (tertiary/aromatic N) is 2. The molecule has 0 fully saturated rings. The van der Waals surface area contributed by atoms with E-state index in [9.17, 15) is 9.90 Å². The number of aliphatic hydroxyl groups excluding tert-OH is 1. The first kappa shape index (κ1) is 28.1. The minimum atomic E-state index is -0.623. The fourth-order valence-corrected chi connectivity index (χ4v) is 5.77. The van der Waals surface area contributed by atoms with E-state index in [1.165, 1.54) is 17.3 Å². The predicted molar refractivity (Wildman–Crippen MR) is 167 cm³/mol. The van der Waals surface area contributed by atoms with Crippen LogP contribution < -0.4 is 4.74 Å². The highest BCUT2D eigenvalue weighted by molar-refractivity contribution is 9.10. The number of aliphatic hydroxyl groups is 1. The number of rotatable bonds is 8. The summed E-state index contributed by atoms with van der Waals surface area (Å²) in [5, 5.41) is 13.1. The molecule has 0 bridgehead atoms. The average Bonchev–Trinajstić information content (AvgIpc) is 3.42. The summed E-state index contributed by atoms with van der Waals surface area (Å²) in [5.41, 5.74) is 3.74. The van der Waals surface area contributed by atoms with Gasteiger partial charge in [0, 0.05) is 32.2 Å². The first-order valence-electron chi connectivity index (χ1n) is 12.6. The van der Waals surface area contributed by atoms with Crippen LogP contribution in [0.4, 0.5) is 5.69 Å². The molecule has 6 nitrogen and oxygen atoms in total. The van der Waals surface area contributed by atoms with Gasteiger partial charge in [-0.1, -0.05) is 57.0 Å². The predicted octanol–water partition coefficient (Wildman–Crippen LogP) is 8.64. The molecular formula is C31H26BrClN2O4S. The zero-order valence-corrected chi connectivity index (χ0v) is 25.0. The molecule has 3 aromatic carbocycles. The topological polar surface area (TPSA) is 73.0 Å². The molecule has 2 heterocycles. The van der Waals surface area contributed by atoms with Crippen molar-refractivity contribution in [3.63, 3.8) is 0 Å². The number of carbonyl (C=O) groups is 1. The molecule has 0 saturated carbocycles. The highest BCUT2D eigenvalue weighted by atomic mass is 79.9. The smallest absolute Gasteiger partial charge is 0.344 e. The van der Waals surface area contributed by atoms with Gasteiger partial charge in [-0.15, -0.1) is 0 Å². The number of thioether (sulfide) groups is 1. The number of carbonyl (C=O) groups excluding carboxylic acids is 1. The Morgan fingerprint density at radius 2 is 1.88 bits per heavy atom. The van der Waals surface area contributed by atoms with Crippen LogP contribution in [0.15, 0.2) is 98.6 Å². The van der Waals surface area contributed by atoms with Gasteiger partial charge in [0.25, 0.3) is 0 Å². The van der Waals surface area contributed by atoms with Crippen LogP contribution >= 0.6 is 39.3 Å². The van der Waals surface area contributed by atoms with Gasteiger partial charge in [0.2, 0.25) is 0 Å². The Bertz CT molecular complexity index is 1660. The van der Waals surface area contributed by atoms with E-state index in [0.29, 0.717) is 33.8 Å². The Morgan fingerprint density at radius 3 is 2.60 bits per heavy atom. The lowest BCUT2D eigenvalue weighted by Crippen LogP contribution is -2.12. The zero-order chi connectivity index (χ0) is 28.2. The summed E-state index contributed by atoms with van der Waals surface area (Å²) in [6.45, 7) is 5.06. The summed E-state index contributed by atoms with van der Waals surface area (Å²) in [6.07, 6.45) is 3.89. The SMILES string of the molecule is CCOC(=O)C1=C(O)/C(=C/c2cn(CCOc3ccc(C)cc3)c3ccc(Br)cc23)SC1=Nc1ccc(Cl)cc1. The Hall–Kier alpha value is -3.46. The fourth-order valence-electron chi connectivity index (χ4n) is 4.26. The average molecular weight is 638 g/mol. The van der Waals surface area contributed by atoms with Crippen molar-refractivity contribution in [3.8, 4) is 5.75 Å². The Morgan fingerprint density at radius 1 is 1.12 bits per heavy atom. The molecule has 0 aliphatic carbocycles. The zero-order valence-electron chi connectivity index (χ0n) is 21.9. The van der Waals surface area contributed by atoms with Crippen molar-refractivity contribution < 1.29 is 19.4 Å². The van der Waals surface area contributed by atoms with Crippen LogP contribution in [0, 0.1) is 6.92 Å². The second kappa shape index (κ2) is 12.4. The number of fused-ring (bicyclic) bond motifs is 1. The lowest BCUT2D eigenvalue weighted by Gasteiger charge is -2.08. The van der Waals surface area contributed by atoms with Gasteiger partial charge in [-0.2, -0.15) is 0 Å². The molecule has 40 heavy (non-hydrogen) atoms. The third-order valence-corrected chi connectivity index (χ3v) is 7.98. The van der Waals surface area contributed by atoms with Crippen LogP contribution in [0.5, 0.6) is 5.75 Å². The molecule has 1 aliphatic heterocycles. The van der Waals surface area contributed by atoms with Crippen LogP contribution in [0.25, 0.3) is 17.0 Å². The van der Waals surface area contributed by atoms with E-state index in [0.717, 1.165) is 26.7 Å². The quantitative estimate of drug-likeness (QED) is 0.196. The van der Waals surface area contributed by atoms with Crippen LogP contribution in [0.2, 0.25) is 5.02 Å². The number of hydrogen-bond acceptors (Lipinski definition) is 6. The molecule has 4 aromatic rings. The number of aromatic nitrogens is 1. The minimum Gasteiger partial charge on any atom is -0.506 e. The molecule has 0 spiro atoms. The number of ether oxygens (including phenoxy) is 2. The maximum absolute atomic E-state index is 12.8. The first-order valence-corrected chi connectivity index (χ1v) is 14.6. The van der Waals surface area contributed by atoms with E-state index in [-0.39, 0.29) is 17.9 Å². The lowest BCUT2D eigenvalue weighted by molar-refractivity contribution is -0.138. The van der Waals surface area contributed by atoms with Crippen molar-refractivity contribution in [2.75, 3.05) is 13.2 Å². The summed E-state index contributed by atoms with van der Waals surface area (Å²) in [6, 6.07) is 21.0. The van der Waals surface area contributed by atoms with Crippen LogP contribution in [0.1, 0.15) is 18.1 Å². The molecule has 0 unspecified atom stereocenters. The molecular weight excluding hydrogens is 612 g/mol. The Kier molecular flexibility index (Phi) is 8.69. The van der Waals surface area contributed by atoms with Gasteiger partial charge >= 0.3 is 5.97 Å². The van der Waals surface area contributed by atoms with Crippen molar-refractivity contribution >= 4 is 73.0 Å². The summed E-state index contributed by atoms with van der Waals surface area (Å²) >= 11 is 10.8. The highest BCUT2D eigenvalue weighted by Gasteiger charge is 2.33. The third kappa shape index (κ3) is 6.30.